The van der Waals surface area contributed by atoms with Crippen molar-refractivity contribution < 1.29 is 13.9 Å². The molecule has 4 rings (SSSR count). The van der Waals surface area contributed by atoms with Crippen molar-refractivity contribution in [2.24, 2.45) is 5.73 Å². The number of methoxy groups -OCH3 is 1. The summed E-state index contributed by atoms with van der Waals surface area (Å²) in [5, 5.41) is 4.05. The number of aromatic amines is 1. The number of H-pyrrole nitrogens is 1. The molecule has 9 nitrogen and oxygen atoms in total. The third kappa shape index (κ3) is 4.15. The van der Waals surface area contributed by atoms with Crippen LogP contribution in [-0.2, 0) is 10.3 Å². The van der Waals surface area contributed by atoms with Gasteiger partial charge in [0.25, 0.3) is 5.91 Å². The molecular formula is C21H26FN7O2. The second-order valence-electron chi connectivity index (χ2n) is 8.20. The fourth-order valence-electron chi connectivity index (χ4n) is 3.85. The molecule has 1 fully saturated rings. The first-order valence-electron chi connectivity index (χ1n) is 10.1. The summed E-state index contributed by atoms with van der Waals surface area (Å²) in [4.78, 5) is 29.8. The van der Waals surface area contributed by atoms with E-state index in [4.69, 9.17) is 10.5 Å². The molecule has 0 bridgehead atoms. The molecule has 1 aliphatic heterocycles. The highest BCUT2D eigenvalue weighted by Crippen LogP contribution is 2.28. The standard InChI is InChI=1S/C21H26FN7O2/c1-21(2,17-8-15-12(9-26-17)13(10-25-15)19(23)30)28-18-4-6-24-20(27-18)29-7-5-16(31-3)14(22)11-29/h4,6,8-10,14,16,25H,5,7,11H2,1-3H3,(H2,23,30)(H,24,27,28)/t14-,16+/m1/s1. The molecule has 0 aliphatic carbocycles. The van der Waals surface area contributed by atoms with Gasteiger partial charge in [0.15, 0.2) is 0 Å². The summed E-state index contributed by atoms with van der Waals surface area (Å²) in [7, 11) is 1.53. The van der Waals surface area contributed by atoms with Gasteiger partial charge in [-0.3, -0.25) is 9.78 Å². The van der Waals surface area contributed by atoms with Gasteiger partial charge in [0.1, 0.15) is 12.0 Å². The number of carbonyl (C=O) groups excluding carboxylic acids is 1. The first kappa shape index (κ1) is 21.0. The molecule has 0 spiro atoms. The minimum atomic E-state index is -1.09. The molecule has 0 unspecified atom stereocenters. The second kappa shape index (κ2) is 8.10. The Hall–Kier alpha value is -3.27. The second-order valence-corrected chi connectivity index (χ2v) is 8.20. The minimum Gasteiger partial charge on any atom is -0.378 e. The van der Waals surface area contributed by atoms with Gasteiger partial charge in [-0.2, -0.15) is 4.98 Å². The highest BCUT2D eigenvalue weighted by molar-refractivity contribution is 6.05. The Balaban J connectivity index is 1.54. The van der Waals surface area contributed by atoms with Crippen LogP contribution in [-0.4, -0.2) is 58.3 Å². The molecule has 31 heavy (non-hydrogen) atoms. The van der Waals surface area contributed by atoms with Crippen LogP contribution in [0, 0.1) is 0 Å². The van der Waals surface area contributed by atoms with E-state index in [9.17, 15) is 9.18 Å². The van der Waals surface area contributed by atoms with Gasteiger partial charge in [0, 0.05) is 43.1 Å². The van der Waals surface area contributed by atoms with Crippen molar-refractivity contribution in [1.82, 2.24) is 19.9 Å². The molecular weight excluding hydrogens is 401 g/mol. The Morgan fingerprint density at radius 3 is 2.94 bits per heavy atom. The smallest absolute Gasteiger partial charge is 0.250 e. The lowest BCUT2D eigenvalue weighted by molar-refractivity contribution is 0.0194. The van der Waals surface area contributed by atoms with E-state index in [1.54, 1.807) is 24.7 Å². The molecule has 164 valence electrons. The van der Waals surface area contributed by atoms with Crippen LogP contribution in [0.5, 0.6) is 0 Å². The summed E-state index contributed by atoms with van der Waals surface area (Å²) in [6, 6.07) is 3.64. The largest absolute Gasteiger partial charge is 0.378 e. The molecule has 3 aromatic rings. The fraction of sp³-hybridized carbons (Fsp3) is 0.429. The van der Waals surface area contributed by atoms with Gasteiger partial charge in [0.05, 0.1) is 29.4 Å². The number of alkyl halides is 1. The predicted molar refractivity (Wildman–Crippen MR) is 116 cm³/mol. The summed E-state index contributed by atoms with van der Waals surface area (Å²) >= 11 is 0. The van der Waals surface area contributed by atoms with Gasteiger partial charge in [-0.1, -0.05) is 0 Å². The molecule has 0 radical (unpaired) electrons. The number of pyridine rings is 1. The Morgan fingerprint density at radius 1 is 1.42 bits per heavy atom. The van der Waals surface area contributed by atoms with Gasteiger partial charge in [0.2, 0.25) is 5.95 Å². The van der Waals surface area contributed by atoms with Gasteiger partial charge in [-0.25, -0.2) is 9.37 Å². The zero-order valence-electron chi connectivity index (χ0n) is 17.7. The van der Waals surface area contributed by atoms with Crippen LogP contribution >= 0.6 is 0 Å². The number of carbonyl (C=O) groups is 1. The number of fused-ring (bicyclic) bond motifs is 1. The molecule has 1 saturated heterocycles. The van der Waals surface area contributed by atoms with E-state index in [0.29, 0.717) is 35.7 Å². The van der Waals surface area contributed by atoms with Crippen LogP contribution in [0.3, 0.4) is 0 Å². The Morgan fingerprint density at radius 2 is 2.23 bits per heavy atom. The summed E-state index contributed by atoms with van der Waals surface area (Å²) in [5.74, 6) is 0.569. The van der Waals surface area contributed by atoms with E-state index in [0.717, 1.165) is 11.2 Å². The van der Waals surface area contributed by atoms with Crippen LogP contribution in [0.2, 0.25) is 0 Å². The van der Waals surface area contributed by atoms with Crippen LogP contribution in [0.25, 0.3) is 10.9 Å². The molecule has 3 aromatic heterocycles. The molecule has 1 aliphatic rings. The number of piperidine rings is 1. The van der Waals surface area contributed by atoms with Gasteiger partial charge < -0.3 is 25.7 Å². The number of hydrogen-bond donors (Lipinski definition) is 3. The predicted octanol–water partition coefficient (Wildman–Crippen LogP) is 2.36. The zero-order chi connectivity index (χ0) is 22.2. The van der Waals surface area contributed by atoms with Crippen molar-refractivity contribution in [2.75, 3.05) is 30.4 Å². The van der Waals surface area contributed by atoms with Gasteiger partial charge in [-0.05, 0) is 32.4 Å². The first-order valence-corrected chi connectivity index (χ1v) is 10.1. The highest BCUT2D eigenvalue weighted by Gasteiger charge is 2.31. The van der Waals surface area contributed by atoms with Crippen LogP contribution in [0.15, 0.2) is 30.7 Å². The molecule has 1 amide bonds. The maximum Gasteiger partial charge on any atom is 0.250 e. The quantitative estimate of drug-likeness (QED) is 0.552. The number of primary amides is 1. The van der Waals surface area contributed by atoms with E-state index in [1.165, 1.54) is 7.11 Å². The Bertz CT molecular complexity index is 1100. The molecule has 0 saturated carbocycles. The van der Waals surface area contributed by atoms with Crippen LogP contribution in [0.1, 0.15) is 36.3 Å². The Labute approximate surface area is 179 Å². The number of hydrogen-bond acceptors (Lipinski definition) is 7. The molecule has 10 heteroatoms. The van der Waals surface area contributed by atoms with E-state index in [2.05, 4.69) is 25.3 Å². The van der Waals surface area contributed by atoms with Crippen molar-refractivity contribution in [3.05, 3.63) is 42.0 Å². The number of halogens is 1. The lowest BCUT2D eigenvalue weighted by Crippen LogP contribution is -2.46. The average Bonchev–Trinajstić information content (AvgIpc) is 3.17. The van der Waals surface area contributed by atoms with Crippen molar-refractivity contribution in [1.29, 1.82) is 0 Å². The monoisotopic (exact) mass is 427 g/mol. The highest BCUT2D eigenvalue weighted by atomic mass is 19.1. The van der Waals surface area contributed by atoms with Crippen LogP contribution in [0.4, 0.5) is 16.2 Å². The number of nitrogens with one attached hydrogen (secondary N) is 2. The van der Waals surface area contributed by atoms with E-state index in [1.807, 2.05) is 24.8 Å². The molecule has 2 atom stereocenters. The number of amides is 1. The molecule has 0 aromatic carbocycles. The van der Waals surface area contributed by atoms with Crippen molar-refractivity contribution >= 4 is 28.6 Å². The lowest BCUT2D eigenvalue weighted by Gasteiger charge is -2.34. The van der Waals surface area contributed by atoms with Crippen LogP contribution < -0.4 is 16.0 Å². The first-order chi connectivity index (χ1) is 14.8. The summed E-state index contributed by atoms with van der Waals surface area (Å²) < 4.78 is 19.5. The fourth-order valence-corrected chi connectivity index (χ4v) is 3.85. The topological polar surface area (TPSA) is 122 Å². The third-order valence-corrected chi connectivity index (χ3v) is 5.62. The SMILES string of the molecule is CO[C@H]1CCN(c2nccc(NC(C)(C)c3cc4[nH]cc(C(N)=O)c4cn3)n2)C[C@H]1F. The number of nitrogens with two attached hydrogens (primary N) is 1. The van der Waals surface area contributed by atoms with Gasteiger partial charge >= 0.3 is 0 Å². The average molecular weight is 427 g/mol. The minimum absolute atomic E-state index is 0.193. The summed E-state index contributed by atoms with van der Waals surface area (Å²) in [6.07, 6.45) is 3.98. The van der Waals surface area contributed by atoms with Crippen molar-refractivity contribution in [3.8, 4) is 0 Å². The summed E-state index contributed by atoms with van der Waals surface area (Å²) in [5.41, 5.74) is 6.75. The third-order valence-electron chi connectivity index (χ3n) is 5.62. The maximum atomic E-state index is 14.3. The lowest BCUT2D eigenvalue weighted by atomic mass is 9.99. The number of rotatable bonds is 6. The summed E-state index contributed by atoms with van der Waals surface area (Å²) in [6.45, 7) is 4.77. The maximum absolute atomic E-state index is 14.3. The van der Waals surface area contributed by atoms with Crippen molar-refractivity contribution in [2.45, 2.75) is 38.1 Å². The molecule has 4 N–H and O–H groups in total. The van der Waals surface area contributed by atoms with E-state index >= 15 is 0 Å². The number of ether oxygens (including phenoxy) is 1. The zero-order valence-corrected chi connectivity index (χ0v) is 17.7. The Kier molecular flexibility index (Phi) is 5.48. The number of aromatic nitrogens is 4. The number of anilines is 2. The normalized spacial score (nSPS) is 19.5. The molecule has 4 heterocycles. The van der Waals surface area contributed by atoms with Gasteiger partial charge in [-0.15, -0.1) is 0 Å². The van der Waals surface area contributed by atoms with E-state index < -0.39 is 17.6 Å². The number of nitrogens with zero attached hydrogens (tertiary/aromatic N) is 4. The van der Waals surface area contributed by atoms with Crippen molar-refractivity contribution in [3.63, 3.8) is 0 Å². The van der Waals surface area contributed by atoms with E-state index in [-0.39, 0.29) is 12.6 Å².